The van der Waals surface area contributed by atoms with Crippen molar-refractivity contribution >= 4 is 27.5 Å². The maximum absolute atomic E-state index is 14.2. The number of aliphatic hydroxyl groups excluding tert-OH is 1. The molecule has 1 atom stereocenters. The van der Waals surface area contributed by atoms with Gasteiger partial charge >= 0.3 is 0 Å². The number of aliphatic hydroxyl groups is 1. The second kappa shape index (κ2) is 5.90. The van der Waals surface area contributed by atoms with Crippen molar-refractivity contribution in [3.8, 4) is 5.75 Å². The van der Waals surface area contributed by atoms with E-state index in [1.807, 2.05) is 0 Å². The zero-order valence-electron chi connectivity index (χ0n) is 10.0. The van der Waals surface area contributed by atoms with E-state index in [9.17, 15) is 9.50 Å². The second-order valence-corrected chi connectivity index (χ2v) is 5.32. The van der Waals surface area contributed by atoms with Crippen LogP contribution in [0.25, 0.3) is 0 Å². The third-order valence-corrected chi connectivity index (χ3v) is 3.40. The normalized spacial score (nSPS) is 12.3. The van der Waals surface area contributed by atoms with Gasteiger partial charge in [0.15, 0.2) is 11.6 Å². The molecule has 5 heteroatoms. The lowest BCUT2D eigenvalue weighted by molar-refractivity contribution is 0.213. The standard InChI is InChI=1S/C14H11BrClFO2/c1-19-12-7-9(15)6-11(13(12)17)14(18)8-3-2-4-10(16)5-8/h2-7,14,18H,1H3. The maximum Gasteiger partial charge on any atom is 0.171 e. The molecule has 1 unspecified atom stereocenters. The highest BCUT2D eigenvalue weighted by molar-refractivity contribution is 9.10. The Morgan fingerprint density at radius 1 is 1.32 bits per heavy atom. The molecule has 0 saturated heterocycles. The van der Waals surface area contributed by atoms with E-state index < -0.39 is 11.9 Å². The van der Waals surface area contributed by atoms with Crippen LogP contribution < -0.4 is 4.74 Å². The molecule has 2 nitrogen and oxygen atoms in total. The van der Waals surface area contributed by atoms with E-state index in [1.165, 1.54) is 19.2 Å². The van der Waals surface area contributed by atoms with Gasteiger partial charge in [0.25, 0.3) is 0 Å². The van der Waals surface area contributed by atoms with Crippen molar-refractivity contribution in [3.05, 3.63) is 62.8 Å². The van der Waals surface area contributed by atoms with Crippen LogP contribution in [-0.4, -0.2) is 12.2 Å². The second-order valence-electron chi connectivity index (χ2n) is 3.97. The van der Waals surface area contributed by atoms with E-state index in [-0.39, 0.29) is 11.3 Å². The zero-order chi connectivity index (χ0) is 14.0. The topological polar surface area (TPSA) is 29.5 Å². The molecule has 2 rings (SSSR count). The maximum atomic E-state index is 14.2. The predicted octanol–water partition coefficient (Wildman–Crippen LogP) is 4.33. The fourth-order valence-electron chi connectivity index (χ4n) is 1.79. The Kier molecular flexibility index (Phi) is 4.45. The summed E-state index contributed by atoms with van der Waals surface area (Å²) in [4.78, 5) is 0. The highest BCUT2D eigenvalue weighted by Gasteiger charge is 2.19. The molecule has 100 valence electrons. The lowest BCUT2D eigenvalue weighted by Gasteiger charge is -2.15. The van der Waals surface area contributed by atoms with Crippen molar-refractivity contribution in [1.29, 1.82) is 0 Å². The molecule has 0 aliphatic heterocycles. The Balaban J connectivity index is 2.49. The lowest BCUT2D eigenvalue weighted by atomic mass is 10.0. The minimum absolute atomic E-state index is 0.0745. The third-order valence-electron chi connectivity index (χ3n) is 2.71. The van der Waals surface area contributed by atoms with Crippen LogP contribution in [0.15, 0.2) is 40.9 Å². The van der Waals surface area contributed by atoms with Crippen LogP contribution in [0.1, 0.15) is 17.2 Å². The Labute approximate surface area is 123 Å². The highest BCUT2D eigenvalue weighted by atomic mass is 79.9. The van der Waals surface area contributed by atoms with Gasteiger partial charge in [-0.15, -0.1) is 0 Å². The predicted molar refractivity (Wildman–Crippen MR) is 76.2 cm³/mol. The Morgan fingerprint density at radius 3 is 2.68 bits per heavy atom. The van der Waals surface area contributed by atoms with Gasteiger partial charge in [-0.1, -0.05) is 39.7 Å². The van der Waals surface area contributed by atoms with E-state index in [1.54, 1.807) is 24.3 Å². The number of rotatable bonds is 3. The van der Waals surface area contributed by atoms with E-state index in [0.29, 0.717) is 15.1 Å². The third kappa shape index (κ3) is 3.08. The van der Waals surface area contributed by atoms with Crippen LogP contribution in [0, 0.1) is 5.82 Å². The fraction of sp³-hybridized carbons (Fsp3) is 0.143. The summed E-state index contributed by atoms with van der Waals surface area (Å²) in [6.07, 6.45) is -1.11. The average Bonchev–Trinajstić information content (AvgIpc) is 2.40. The first-order valence-corrected chi connectivity index (χ1v) is 6.66. The van der Waals surface area contributed by atoms with Crippen molar-refractivity contribution in [3.63, 3.8) is 0 Å². The minimum atomic E-state index is -1.11. The molecule has 0 saturated carbocycles. The smallest absolute Gasteiger partial charge is 0.171 e. The summed E-state index contributed by atoms with van der Waals surface area (Å²) in [5.74, 6) is -0.511. The Hall–Kier alpha value is -1.10. The van der Waals surface area contributed by atoms with Crippen molar-refractivity contribution in [2.75, 3.05) is 7.11 Å². The van der Waals surface area contributed by atoms with Crippen molar-refractivity contribution in [2.24, 2.45) is 0 Å². The molecule has 0 aromatic heterocycles. The van der Waals surface area contributed by atoms with Gasteiger partial charge < -0.3 is 9.84 Å². The van der Waals surface area contributed by atoms with Gasteiger partial charge in [0.2, 0.25) is 0 Å². The SMILES string of the molecule is COc1cc(Br)cc(C(O)c2cccc(Cl)c2)c1F. The number of hydrogen-bond acceptors (Lipinski definition) is 2. The van der Waals surface area contributed by atoms with Crippen molar-refractivity contribution in [2.45, 2.75) is 6.10 Å². The van der Waals surface area contributed by atoms with Crippen LogP contribution >= 0.6 is 27.5 Å². The van der Waals surface area contributed by atoms with Gasteiger partial charge in [-0.05, 0) is 29.8 Å². The molecule has 0 aliphatic carbocycles. The molecule has 0 spiro atoms. The summed E-state index contributed by atoms with van der Waals surface area (Å²) < 4.78 is 19.7. The summed E-state index contributed by atoms with van der Waals surface area (Å²) in [6, 6.07) is 9.69. The van der Waals surface area contributed by atoms with Gasteiger partial charge in [0.05, 0.1) is 7.11 Å². The van der Waals surface area contributed by atoms with Crippen LogP contribution in [0.3, 0.4) is 0 Å². The van der Waals surface area contributed by atoms with Gasteiger partial charge in [-0.25, -0.2) is 4.39 Å². The van der Waals surface area contributed by atoms with Crippen molar-refractivity contribution in [1.82, 2.24) is 0 Å². The van der Waals surface area contributed by atoms with E-state index >= 15 is 0 Å². The van der Waals surface area contributed by atoms with Crippen LogP contribution in [0.4, 0.5) is 4.39 Å². The Bertz CT molecular complexity index is 604. The number of halogens is 3. The molecule has 0 bridgehead atoms. The average molecular weight is 346 g/mol. The molecular weight excluding hydrogens is 335 g/mol. The number of ether oxygens (including phenoxy) is 1. The largest absolute Gasteiger partial charge is 0.494 e. The van der Waals surface area contributed by atoms with E-state index in [2.05, 4.69) is 15.9 Å². The minimum Gasteiger partial charge on any atom is -0.494 e. The number of methoxy groups -OCH3 is 1. The molecular formula is C14H11BrClFO2. The highest BCUT2D eigenvalue weighted by Crippen LogP contribution is 2.33. The molecule has 1 N–H and O–H groups in total. The molecule has 0 aliphatic rings. The van der Waals surface area contributed by atoms with E-state index in [0.717, 1.165) is 0 Å². The Morgan fingerprint density at radius 2 is 2.05 bits per heavy atom. The summed E-state index contributed by atoms with van der Waals surface area (Å²) in [5.41, 5.74) is 0.653. The summed E-state index contributed by atoms with van der Waals surface area (Å²) in [7, 11) is 1.38. The molecule has 2 aromatic rings. The number of benzene rings is 2. The van der Waals surface area contributed by atoms with Crippen LogP contribution in [0.2, 0.25) is 5.02 Å². The molecule has 19 heavy (non-hydrogen) atoms. The van der Waals surface area contributed by atoms with Gasteiger partial charge in [-0.3, -0.25) is 0 Å². The van der Waals surface area contributed by atoms with Crippen molar-refractivity contribution < 1.29 is 14.2 Å². The first-order chi connectivity index (χ1) is 9.02. The molecule has 0 amide bonds. The lowest BCUT2D eigenvalue weighted by Crippen LogP contribution is -2.04. The quantitative estimate of drug-likeness (QED) is 0.897. The summed E-state index contributed by atoms with van der Waals surface area (Å²) in [5, 5.41) is 10.8. The molecule has 0 heterocycles. The van der Waals surface area contributed by atoms with Crippen LogP contribution in [0.5, 0.6) is 5.75 Å². The van der Waals surface area contributed by atoms with E-state index in [4.69, 9.17) is 16.3 Å². The summed E-state index contributed by atoms with van der Waals surface area (Å²) in [6.45, 7) is 0. The van der Waals surface area contributed by atoms with Gasteiger partial charge in [-0.2, -0.15) is 0 Å². The van der Waals surface area contributed by atoms with Crippen LogP contribution in [-0.2, 0) is 0 Å². The molecule has 0 radical (unpaired) electrons. The summed E-state index contributed by atoms with van der Waals surface area (Å²) >= 11 is 9.13. The van der Waals surface area contributed by atoms with Gasteiger partial charge in [0, 0.05) is 15.1 Å². The monoisotopic (exact) mass is 344 g/mol. The molecule has 0 fully saturated rings. The first-order valence-electron chi connectivity index (χ1n) is 5.49. The molecule has 2 aromatic carbocycles. The first kappa shape index (κ1) is 14.3. The fourth-order valence-corrected chi connectivity index (χ4v) is 2.44. The number of hydrogen-bond donors (Lipinski definition) is 1. The zero-order valence-corrected chi connectivity index (χ0v) is 12.4. The van der Waals surface area contributed by atoms with Gasteiger partial charge in [0.1, 0.15) is 6.10 Å².